The molecule has 1 aliphatic heterocycles. The molecular formula is C23H22ClNO3. The van der Waals surface area contributed by atoms with E-state index in [1.807, 2.05) is 42.5 Å². The standard InChI is InChI=1S/C23H22ClNO3/c1-3-12-28-23(27)22-16(2)25(15-17-8-5-4-6-9-17)21(26)14-20(22)18-10-7-11-19(24)13-18/h3-11,13,20H,1,12,14-15H2,2H3. The van der Waals surface area contributed by atoms with E-state index in [0.717, 1.165) is 11.1 Å². The second-order valence-corrected chi connectivity index (χ2v) is 7.10. The number of amides is 1. The van der Waals surface area contributed by atoms with Crippen molar-refractivity contribution in [2.45, 2.75) is 25.8 Å². The summed E-state index contributed by atoms with van der Waals surface area (Å²) in [6.07, 6.45) is 1.71. The second-order valence-electron chi connectivity index (χ2n) is 6.66. The predicted molar refractivity (Wildman–Crippen MR) is 110 cm³/mol. The van der Waals surface area contributed by atoms with Crippen molar-refractivity contribution >= 4 is 23.5 Å². The van der Waals surface area contributed by atoms with Gasteiger partial charge in [0.1, 0.15) is 6.61 Å². The van der Waals surface area contributed by atoms with E-state index in [9.17, 15) is 9.59 Å². The topological polar surface area (TPSA) is 46.6 Å². The minimum absolute atomic E-state index is 0.0356. The number of carbonyl (C=O) groups excluding carboxylic acids is 2. The van der Waals surface area contributed by atoms with Crippen molar-refractivity contribution in [1.29, 1.82) is 0 Å². The summed E-state index contributed by atoms with van der Waals surface area (Å²) in [6.45, 7) is 5.91. The van der Waals surface area contributed by atoms with Gasteiger partial charge in [-0.2, -0.15) is 0 Å². The minimum atomic E-state index is -0.437. The van der Waals surface area contributed by atoms with Crippen molar-refractivity contribution in [2.24, 2.45) is 0 Å². The Morgan fingerprint density at radius 2 is 2.00 bits per heavy atom. The second kappa shape index (κ2) is 8.89. The summed E-state index contributed by atoms with van der Waals surface area (Å²) in [4.78, 5) is 27.4. The fourth-order valence-corrected chi connectivity index (χ4v) is 3.65. The summed E-state index contributed by atoms with van der Waals surface area (Å²) in [7, 11) is 0. The monoisotopic (exact) mass is 395 g/mol. The van der Waals surface area contributed by atoms with E-state index in [-0.39, 0.29) is 18.9 Å². The molecule has 4 nitrogen and oxygen atoms in total. The molecule has 0 aromatic heterocycles. The molecule has 28 heavy (non-hydrogen) atoms. The summed E-state index contributed by atoms with van der Waals surface area (Å²) < 4.78 is 5.33. The predicted octanol–water partition coefficient (Wildman–Crippen LogP) is 4.86. The van der Waals surface area contributed by atoms with Gasteiger partial charge >= 0.3 is 5.97 Å². The molecule has 1 aliphatic rings. The number of allylic oxidation sites excluding steroid dienone is 1. The van der Waals surface area contributed by atoms with Gasteiger partial charge in [0, 0.05) is 23.1 Å². The molecule has 5 heteroatoms. The molecule has 1 unspecified atom stereocenters. The largest absolute Gasteiger partial charge is 0.458 e. The van der Waals surface area contributed by atoms with Crippen LogP contribution in [0.15, 0.2) is 78.5 Å². The number of ether oxygens (including phenoxy) is 1. The number of halogens is 1. The average Bonchev–Trinajstić information content (AvgIpc) is 2.69. The van der Waals surface area contributed by atoms with Crippen molar-refractivity contribution in [3.05, 3.63) is 94.7 Å². The van der Waals surface area contributed by atoms with E-state index >= 15 is 0 Å². The first kappa shape index (κ1) is 19.9. The summed E-state index contributed by atoms with van der Waals surface area (Å²) in [6, 6.07) is 17.0. The van der Waals surface area contributed by atoms with Crippen LogP contribution in [0.25, 0.3) is 0 Å². The smallest absolute Gasteiger partial charge is 0.336 e. The maximum absolute atomic E-state index is 13.0. The molecule has 0 saturated carbocycles. The number of hydrogen-bond donors (Lipinski definition) is 0. The first-order valence-electron chi connectivity index (χ1n) is 9.09. The third-order valence-electron chi connectivity index (χ3n) is 4.81. The molecule has 0 aliphatic carbocycles. The van der Waals surface area contributed by atoms with Crippen molar-refractivity contribution in [3.8, 4) is 0 Å². The number of hydrogen-bond acceptors (Lipinski definition) is 3. The van der Waals surface area contributed by atoms with Crippen LogP contribution in [-0.4, -0.2) is 23.4 Å². The Morgan fingerprint density at radius 3 is 2.68 bits per heavy atom. The van der Waals surface area contributed by atoms with E-state index in [1.165, 1.54) is 6.08 Å². The third kappa shape index (κ3) is 4.34. The van der Waals surface area contributed by atoms with E-state index in [1.54, 1.807) is 24.0 Å². The summed E-state index contributed by atoms with van der Waals surface area (Å²) in [5.41, 5.74) is 2.92. The summed E-state index contributed by atoms with van der Waals surface area (Å²) in [5.74, 6) is -0.866. The molecule has 144 valence electrons. The molecule has 0 spiro atoms. The lowest BCUT2D eigenvalue weighted by atomic mass is 9.83. The van der Waals surface area contributed by atoms with Gasteiger partial charge in [0.15, 0.2) is 0 Å². The molecule has 1 heterocycles. The summed E-state index contributed by atoms with van der Waals surface area (Å²) in [5, 5.41) is 0.563. The number of esters is 1. The Balaban J connectivity index is 2.02. The number of carbonyl (C=O) groups is 2. The van der Waals surface area contributed by atoms with Gasteiger partial charge in [0.2, 0.25) is 5.91 Å². The molecule has 0 radical (unpaired) electrons. The molecular weight excluding hydrogens is 374 g/mol. The zero-order valence-corrected chi connectivity index (χ0v) is 16.5. The molecule has 2 aromatic rings. The van der Waals surface area contributed by atoms with Crippen LogP contribution < -0.4 is 0 Å². The first-order chi connectivity index (χ1) is 13.5. The number of benzene rings is 2. The highest BCUT2D eigenvalue weighted by molar-refractivity contribution is 6.30. The van der Waals surface area contributed by atoms with Crippen LogP contribution in [-0.2, 0) is 20.9 Å². The van der Waals surface area contributed by atoms with Crippen LogP contribution in [0.3, 0.4) is 0 Å². The Kier molecular flexibility index (Phi) is 6.32. The molecule has 1 atom stereocenters. The number of nitrogens with zero attached hydrogens (tertiary/aromatic N) is 1. The Labute approximate surface area is 170 Å². The lowest BCUT2D eigenvalue weighted by molar-refractivity contribution is -0.139. The van der Waals surface area contributed by atoms with Crippen LogP contribution in [0.5, 0.6) is 0 Å². The van der Waals surface area contributed by atoms with Crippen LogP contribution in [0.1, 0.15) is 30.4 Å². The fraction of sp³-hybridized carbons (Fsp3) is 0.217. The van der Waals surface area contributed by atoms with Crippen molar-refractivity contribution < 1.29 is 14.3 Å². The molecule has 0 bridgehead atoms. The normalized spacial score (nSPS) is 16.9. The van der Waals surface area contributed by atoms with E-state index < -0.39 is 11.9 Å². The maximum Gasteiger partial charge on any atom is 0.336 e. The Hall–Kier alpha value is -2.85. The highest BCUT2D eigenvalue weighted by Crippen LogP contribution is 2.38. The Bertz CT molecular complexity index is 920. The first-order valence-corrected chi connectivity index (χ1v) is 9.47. The molecule has 0 fully saturated rings. The van der Waals surface area contributed by atoms with Gasteiger partial charge in [-0.25, -0.2) is 4.79 Å². The lowest BCUT2D eigenvalue weighted by Crippen LogP contribution is -2.38. The average molecular weight is 396 g/mol. The van der Waals surface area contributed by atoms with Gasteiger partial charge in [-0.15, -0.1) is 0 Å². The van der Waals surface area contributed by atoms with Gasteiger partial charge in [-0.1, -0.05) is 66.7 Å². The van der Waals surface area contributed by atoms with Gasteiger partial charge in [-0.3, -0.25) is 4.79 Å². The highest BCUT2D eigenvalue weighted by atomic mass is 35.5. The van der Waals surface area contributed by atoms with Crippen molar-refractivity contribution in [2.75, 3.05) is 6.61 Å². The van der Waals surface area contributed by atoms with Gasteiger partial charge in [0.25, 0.3) is 0 Å². The van der Waals surface area contributed by atoms with Crippen LogP contribution in [0, 0.1) is 0 Å². The van der Waals surface area contributed by atoms with E-state index in [0.29, 0.717) is 22.8 Å². The quantitative estimate of drug-likeness (QED) is 0.518. The molecule has 0 saturated heterocycles. The lowest BCUT2D eigenvalue weighted by Gasteiger charge is -2.34. The van der Waals surface area contributed by atoms with Crippen molar-refractivity contribution in [1.82, 2.24) is 4.90 Å². The van der Waals surface area contributed by atoms with Gasteiger partial charge in [0.05, 0.1) is 12.1 Å². The van der Waals surface area contributed by atoms with Crippen molar-refractivity contribution in [3.63, 3.8) is 0 Å². The maximum atomic E-state index is 13.0. The van der Waals surface area contributed by atoms with E-state index in [4.69, 9.17) is 16.3 Å². The summed E-state index contributed by atoms with van der Waals surface area (Å²) >= 11 is 6.14. The van der Waals surface area contributed by atoms with Gasteiger partial charge < -0.3 is 9.64 Å². The molecule has 2 aromatic carbocycles. The fourth-order valence-electron chi connectivity index (χ4n) is 3.45. The molecule has 3 rings (SSSR count). The van der Waals surface area contributed by atoms with Gasteiger partial charge in [-0.05, 0) is 30.2 Å². The van der Waals surface area contributed by atoms with Crippen LogP contribution in [0.4, 0.5) is 0 Å². The minimum Gasteiger partial charge on any atom is -0.458 e. The van der Waals surface area contributed by atoms with Crippen LogP contribution in [0.2, 0.25) is 5.02 Å². The highest BCUT2D eigenvalue weighted by Gasteiger charge is 2.36. The third-order valence-corrected chi connectivity index (χ3v) is 5.04. The number of rotatable bonds is 6. The zero-order chi connectivity index (χ0) is 20.1. The Morgan fingerprint density at radius 1 is 1.25 bits per heavy atom. The molecule has 1 amide bonds. The molecule has 0 N–H and O–H groups in total. The zero-order valence-electron chi connectivity index (χ0n) is 15.7. The van der Waals surface area contributed by atoms with E-state index in [2.05, 4.69) is 6.58 Å². The SMILES string of the molecule is C=CCOC(=O)C1=C(C)N(Cc2ccccc2)C(=O)CC1c1cccc(Cl)c1. The van der Waals surface area contributed by atoms with Crippen LogP contribution >= 0.6 is 11.6 Å².